The normalized spacial score (nSPS) is 51.1. The molecule has 0 aromatic carbocycles. The summed E-state index contributed by atoms with van der Waals surface area (Å²) in [6.07, 6.45) is 3.18. The highest BCUT2D eigenvalue weighted by Crippen LogP contribution is 2.76. The zero-order chi connectivity index (χ0) is 20.9. The number of ether oxygens (including phenoxy) is 1. The fourth-order valence-electron chi connectivity index (χ4n) is 7.02. The second-order valence-corrected chi connectivity index (χ2v) is 10.1. The number of hydrogen-bond donors (Lipinski definition) is 4. The first-order chi connectivity index (χ1) is 12.9. The maximum Gasteiger partial charge on any atom is 0.303 e. The van der Waals surface area contributed by atoms with Gasteiger partial charge in [0, 0.05) is 36.5 Å². The van der Waals surface area contributed by atoms with Crippen LogP contribution in [0.1, 0.15) is 47.5 Å². The minimum Gasteiger partial charge on any atom is -0.458 e. The second-order valence-electron chi connectivity index (χ2n) is 10.1. The molecule has 0 spiro atoms. The Bertz CT molecular complexity index is 784. The topological polar surface area (TPSA) is 107 Å². The molecule has 0 aliphatic heterocycles. The number of esters is 1. The molecule has 0 saturated heterocycles. The van der Waals surface area contributed by atoms with E-state index in [1.807, 2.05) is 26.8 Å². The van der Waals surface area contributed by atoms with Crippen LogP contribution in [-0.2, 0) is 9.53 Å². The molecule has 4 N–H and O–H groups in total. The molecular formula is C22H32O6. The van der Waals surface area contributed by atoms with Gasteiger partial charge < -0.3 is 25.2 Å². The molecule has 28 heavy (non-hydrogen) atoms. The van der Waals surface area contributed by atoms with Crippen LogP contribution in [-0.4, -0.2) is 55.9 Å². The Morgan fingerprint density at radius 1 is 1.29 bits per heavy atom. The number of aliphatic hydroxyl groups is 4. The Kier molecular flexibility index (Phi) is 4.08. The summed E-state index contributed by atoms with van der Waals surface area (Å²) < 4.78 is 5.85. The van der Waals surface area contributed by atoms with E-state index in [1.165, 1.54) is 6.92 Å². The summed E-state index contributed by atoms with van der Waals surface area (Å²) in [5, 5.41) is 44.3. The van der Waals surface area contributed by atoms with E-state index in [-0.39, 0.29) is 36.2 Å². The molecule has 6 heteroatoms. The minimum atomic E-state index is -1.56. The Morgan fingerprint density at radius 2 is 1.93 bits per heavy atom. The van der Waals surface area contributed by atoms with Crippen molar-refractivity contribution >= 4 is 5.97 Å². The van der Waals surface area contributed by atoms with Gasteiger partial charge in [0.15, 0.2) is 0 Å². The van der Waals surface area contributed by atoms with Crippen LogP contribution >= 0.6 is 0 Å². The quantitative estimate of drug-likeness (QED) is 0.417. The van der Waals surface area contributed by atoms with Crippen LogP contribution in [0.4, 0.5) is 0 Å². The van der Waals surface area contributed by atoms with Crippen molar-refractivity contribution in [1.29, 1.82) is 0 Å². The second kappa shape index (κ2) is 5.69. The third kappa shape index (κ3) is 2.15. The average molecular weight is 392 g/mol. The number of hydrogen-bond acceptors (Lipinski definition) is 6. The first kappa shape index (κ1) is 20.1. The largest absolute Gasteiger partial charge is 0.458 e. The molecule has 0 bridgehead atoms. The van der Waals surface area contributed by atoms with Crippen molar-refractivity contribution in [2.75, 3.05) is 6.61 Å². The van der Waals surface area contributed by atoms with Gasteiger partial charge >= 0.3 is 5.97 Å². The Balaban J connectivity index is 1.89. The van der Waals surface area contributed by atoms with Crippen molar-refractivity contribution in [3.63, 3.8) is 0 Å². The minimum absolute atomic E-state index is 0.0996. The van der Waals surface area contributed by atoms with Gasteiger partial charge in [-0.05, 0) is 30.4 Å². The third-order valence-electron chi connectivity index (χ3n) is 8.40. The first-order valence-electron chi connectivity index (χ1n) is 10.2. The van der Waals surface area contributed by atoms with Gasteiger partial charge in [-0.25, -0.2) is 0 Å². The summed E-state index contributed by atoms with van der Waals surface area (Å²) in [7, 11) is 0. The number of aliphatic hydroxyl groups excluding tert-OH is 2. The summed E-state index contributed by atoms with van der Waals surface area (Å²) in [5.41, 5.74) is -2.63. The van der Waals surface area contributed by atoms with Crippen molar-refractivity contribution in [3.05, 3.63) is 23.3 Å². The van der Waals surface area contributed by atoms with Crippen LogP contribution in [0.15, 0.2) is 23.3 Å². The predicted molar refractivity (Wildman–Crippen MR) is 102 cm³/mol. The summed E-state index contributed by atoms with van der Waals surface area (Å²) in [5.74, 6) is -1.81. The molecule has 0 amide bonds. The molecule has 4 aliphatic carbocycles. The average Bonchev–Trinajstić information content (AvgIpc) is 2.99. The summed E-state index contributed by atoms with van der Waals surface area (Å²) in [6.45, 7) is 8.94. The Labute approximate surface area is 165 Å². The molecule has 2 saturated carbocycles. The molecule has 0 aromatic rings. The van der Waals surface area contributed by atoms with Gasteiger partial charge in [0.05, 0.1) is 12.2 Å². The summed E-state index contributed by atoms with van der Waals surface area (Å²) in [6, 6.07) is 0. The van der Waals surface area contributed by atoms with Crippen LogP contribution in [0.3, 0.4) is 0 Å². The lowest BCUT2D eigenvalue weighted by atomic mass is 9.60. The van der Waals surface area contributed by atoms with E-state index in [0.29, 0.717) is 17.6 Å². The number of carbonyl (C=O) groups excluding carboxylic acids is 1. The smallest absolute Gasteiger partial charge is 0.303 e. The van der Waals surface area contributed by atoms with E-state index in [2.05, 4.69) is 0 Å². The maximum atomic E-state index is 12.1. The lowest BCUT2D eigenvalue weighted by Crippen LogP contribution is -2.61. The van der Waals surface area contributed by atoms with Crippen molar-refractivity contribution < 1.29 is 30.0 Å². The molecule has 2 fully saturated rings. The van der Waals surface area contributed by atoms with Gasteiger partial charge in [-0.3, -0.25) is 4.79 Å². The molecule has 6 nitrogen and oxygen atoms in total. The molecule has 4 aliphatic rings. The van der Waals surface area contributed by atoms with Crippen molar-refractivity contribution in [3.8, 4) is 0 Å². The number of carbonyl (C=O) groups is 1. The van der Waals surface area contributed by atoms with E-state index in [4.69, 9.17) is 4.74 Å². The van der Waals surface area contributed by atoms with Crippen LogP contribution in [0, 0.1) is 29.1 Å². The van der Waals surface area contributed by atoms with Crippen LogP contribution in [0.2, 0.25) is 0 Å². The van der Waals surface area contributed by atoms with Gasteiger partial charge in [-0.15, -0.1) is 0 Å². The summed E-state index contributed by atoms with van der Waals surface area (Å²) in [4.78, 5) is 11.9. The van der Waals surface area contributed by atoms with Crippen LogP contribution in [0.25, 0.3) is 0 Å². The molecule has 0 aromatic heterocycles. The molecule has 1 unspecified atom stereocenters. The van der Waals surface area contributed by atoms with Gasteiger partial charge in [0.25, 0.3) is 0 Å². The molecule has 0 radical (unpaired) electrons. The fraction of sp³-hybridized carbons (Fsp3) is 0.773. The third-order valence-corrected chi connectivity index (χ3v) is 8.40. The van der Waals surface area contributed by atoms with Crippen molar-refractivity contribution in [2.45, 2.75) is 70.4 Å². The van der Waals surface area contributed by atoms with Crippen LogP contribution < -0.4 is 0 Å². The molecule has 0 heterocycles. The van der Waals surface area contributed by atoms with Crippen LogP contribution in [0.5, 0.6) is 0 Å². The SMILES string of the molecule is CC(=O)O[C@@]12C[C@@H](C)[C@@]3(O)[C@@H](C=C(CO)C[C@]4(O)C(O)C(C)=C[C@@H]34)[C@H]1C2(C)C. The highest BCUT2D eigenvalue weighted by atomic mass is 16.6. The highest BCUT2D eigenvalue weighted by molar-refractivity contribution is 5.67. The molecule has 156 valence electrons. The first-order valence-corrected chi connectivity index (χ1v) is 10.2. The Morgan fingerprint density at radius 3 is 2.50 bits per heavy atom. The van der Waals surface area contributed by atoms with E-state index in [1.54, 1.807) is 13.0 Å². The number of fused-ring (bicyclic) bond motifs is 5. The Hall–Kier alpha value is -1.21. The van der Waals surface area contributed by atoms with Gasteiger partial charge in [-0.1, -0.05) is 32.9 Å². The van der Waals surface area contributed by atoms with Gasteiger partial charge in [0.2, 0.25) is 0 Å². The highest BCUT2D eigenvalue weighted by Gasteiger charge is 2.83. The standard InChI is InChI=1S/C22H32O6/c1-11-6-16-20(26,18(11)25)9-14(10-23)7-15-17-19(4,5)21(17,28-13(3)24)8-12(2)22(15,16)27/h6-7,12,15-18,23,25-27H,8-10H2,1-5H3/t12-,15+,16-,17+,18?,20-,21+,22-/m1/s1. The van der Waals surface area contributed by atoms with E-state index in [0.717, 1.165) is 0 Å². The van der Waals surface area contributed by atoms with Gasteiger partial charge in [-0.2, -0.15) is 0 Å². The lowest BCUT2D eigenvalue weighted by Gasteiger charge is -2.51. The molecular weight excluding hydrogens is 360 g/mol. The molecule has 4 rings (SSSR count). The van der Waals surface area contributed by atoms with E-state index >= 15 is 0 Å². The zero-order valence-electron chi connectivity index (χ0n) is 17.3. The monoisotopic (exact) mass is 392 g/mol. The maximum absolute atomic E-state index is 12.1. The summed E-state index contributed by atoms with van der Waals surface area (Å²) >= 11 is 0. The zero-order valence-corrected chi connectivity index (χ0v) is 17.3. The lowest BCUT2D eigenvalue weighted by molar-refractivity contribution is -0.196. The van der Waals surface area contributed by atoms with E-state index < -0.39 is 34.7 Å². The number of rotatable bonds is 2. The predicted octanol–water partition coefficient (Wildman–Crippen LogP) is 1.32. The fourth-order valence-corrected chi connectivity index (χ4v) is 7.02. The van der Waals surface area contributed by atoms with Gasteiger partial charge in [0.1, 0.15) is 17.3 Å². The van der Waals surface area contributed by atoms with Crippen molar-refractivity contribution in [1.82, 2.24) is 0 Å². The van der Waals surface area contributed by atoms with Crippen molar-refractivity contribution in [2.24, 2.45) is 29.1 Å². The van der Waals surface area contributed by atoms with E-state index in [9.17, 15) is 25.2 Å². The molecule has 8 atom stereocenters.